The van der Waals surface area contributed by atoms with Crippen LogP contribution in [-0.4, -0.2) is 0 Å². The lowest BCUT2D eigenvalue weighted by molar-refractivity contribution is 0.184. The van der Waals surface area contributed by atoms with Gasteiger partial charge in [-0.25, -0.2) is 0 Å². The van der Waals surface area contributed by atoms with E-state index in [1.54, 1.807) is 0 Å². The molecule has 0 saturated heterocycles. The molecule has 11 heavy (non-hydrogen) atoms. The fraction of sp³-hybridized carbons (Fsp3) is 1.00. The molecule has 0 spiro atoms. The van der Waals surface area contributed by atoms with Crippen molar-refractivity contribution in [3.8, 4) is 0 Å². The van der Waals surface area contributed by atoms with Crippen LogP contribution in [0.4, 0.5) is 0 Å². The van der Waals surface area contributed by atoms with Crippen molar-refractivity contribution in [3.63, 3.8) is 0 Å². The van der Waals surface area contributed by atoms with Crippen molar-refractivity contribution in [1.29, 1.82) is 0 Å². The Labute approximate surface area is 71.4 Å². The Balaban J connectivity index is 2.25. The molecule has 0 aromatic carbocycles. The van der Waals surface area contributed by atoms with E-state index < -0.39 is 0 Å². The molecular formula is C11H22. The lowest BCUT2D eigenvalue weighted by Crippen LogP contribution is -2.20. The molecule has 1 aliphatic carbocycles. The average molecular weight is 154 g/mol. The number of rotatable bonds is 2. The van der Waals surface area contributed by atoms with Gasteiger partial charge in [0.1, 0.15) is 0 Å². The van der Waals surface area contributed by atoms with Gasteiger partial charge in [0.05, 0.1) is 0 Å². The molecule has 0 heterocycles. The molecule has 66 valence electrons. The van der Waals surface area contributed by atoms with Crippen molar-refractivity contribution >= 4 is 0 Å². The molecule has 1 aliphatic rings. The lowest BCUT2D eigenvalue weighted by Gasteiger charge is -2.34. The van der Waals surface area contributed by atoms with Crippen LogP contribution in [0.5, 0.6) is 0 Å². The van der Waals surface area contributed by atoms with Crippen LogP contribution in [0.3, 0.4) is 0 Å². The van der Waals surface area contributed by atoms with Crippen LogP contribution >= 0.6 is 0 Å². The topological polar surface area (TPSA) is 0 Å². The Morgan fingerprint density at radius 2 is 1.73 bits per heavy atom. The standard InChI is InChI=1S/C11H22/c1-4-5-10-6-8-11(2,3)9-7-10/h10H,4-9H2,1-3H3. The van der Waals surface area contributed by atoms with Crippen molar-refractivity contribution in [2.75, 3.05) is 0 Å². The van der Waals surface area contributed by atoms with Gasteiger partial charge in [0.15, 0.2) is 0 Å². The van der Waals surface area contributed by atoms with Gasteiger partial charge in [-0.2, -0.15) is 0 Å². The zero-order valence-electron chi connectivity index (χ0n) is 8.32. The van der Waals surface area contributed by atoms with Crippen molar-refractivity contribution in [1.82, 2.24) is 0 Å². The second kappa shape index (κ2) is 3.60. The van der Waals surface area contributed by atoms with Gasteiger partial charge in [0.25, 0.3) is 0 Å². The smallest absolute Gasteiger partial charge is 0.0354 e. The predicted octanol–water partition coefficient (Wildman–Crippen LogP) is 4.00. The fourth-order valence-electron chi connectivity index (χ4n) is 2.16. The number of hydrogen-bond donors (Lipinski definition) is 0. The van der Waals surface area contributed by atoms with Crippen LogP contribution in [-0.2, 0) is 0 Å². The minimum Gasteiger partial charge on any atom is -0.0654 e. The van der Waals surface area contributed by atoms with Crippen LogP contribution in [0.1, 0.15) is 59.3 Å². The molecule has 0 atom stereocenters. The predicted molar refractivity (Wildman–Crippen MR) is 50.6 cm³/mol. The molecule has 0 bridgehead atoms. The van der Waals surface area contributed by atoms with Crippen LogP contribution in [0.25, 0.3) is 0 Å². The summed E-state index contributed by atoms with van der Waals surface area (Å²) in [6.45, 7) is 7.13. The van der Waals surface area contributed by atoms with Crippen LogP contribution < -0.4 is 0 Å². The molecular weight excluding hydrogens is 132 g/mol. The van der Waals surface area contributed by atoms with E-state index in [0.29, 0.717) is 5.41 Å². The van der Waals surface area contributed by atoms with Crippen molar-refractivity contribution < 1.29 is 0 Å². The first-order chi connectivity index (χ1) is 5.14. The third-order valence-electron chi connectivity index (χ3n) is 3.16. The van der Waals surface area contributed by atoms with Gasteiger partial charge >= 0.3 is 0 Å². The normalized spacial score (nSPS) is 25.4. The first-order valence-corrected chi connectivity index (χ1v) is 5.14. The van der Waals surface area contributed by atoms with Crippen molar-refractivity contribution in [3.05, 3.63) is 0 Å². The summed E-state index contributed by atoms with van der Waals surface area (Å²) < 4.78 is 0. The molecule has 0 aromatic heterocycles. The monoisotopic (exact) mass is 154 g/mol. The molecule has 1 fully saturated rings. The van der Waals surface area contributed by atoms with E-state index >= 15 is 0 Å². The molecule has 0 amide bonds. The molecule has 0 aliphatic heterocycles. The van der Waals surface area contributed by atoms with Crippen LogP contribution in [0.15, 0.2) is 0 Å². The Morgan fingerprint density at radius 3 is 2.18 bits per heavy atom. The molecule has 1 rings (SSSR count). The SMILES string of the molecule is CCCC1CCC(C)(C)CC1. The van der Waals surface area contributed by atoms with Gasteiger partial charge in [0.2, 0.25) is 0 Å². The minimum absolute atomic E-state index is 0.657. The van der Waals surface area contributed by atoms with E-state index in [-0.39, 0.29) is 0 Å². The molecule has 0 heteroatoms. The highest BCUT2D eigenvalue weighted by molar-refractivity contribution is 4.77. The van der Waals surface area contributed by atoms with E-state index in [1.807, 2.05) is 0 Å². The van der Waals surface area contributed by atoms with Gasteiger partial charge in [-0.05, 0) is 37.0 Å². The third kappa shape index (κ3) is 2.84. The van der Waals surface area contributed by atoms with E-state index in [0.717, 1.165) is 5.92 Å². The Kier molecular flexibility index (Phi) is 2.98. The summed E-state index contributed by atoms with van der Waals surface area (Å²) in [5.41, 5.74) is 0.657. The first-order valence-electron chi connectivity index (χ1n) is 5.14. The summed E-state index contributed by atoms with van der Waals surface area (Å²) >= 11 is 0. The first kappa shape index (κ1) is 9.09. The molecule has 0 N–H and O–H groups in total. The van der Waals surface area contributed by atoms with E-state index in [4.69, 9.17) is 0 Å². The Bertz CT molecular complexity index is 103. The zero-order chi connectivity index (χ0) is 8.32. The van der Waals surface area contributed by atoms with E-state index in [1.165, 1.54) is 38.5 Å². The highest BCUT2D eigenvalue weighted by Gasteiger charge is 2.25. The number of hydrogen-bond acceptors (Lipinski definition) is 0. The summed E-state index contributed by atoms with van der Waals surface area (Å²) in [5.74, 6) is 1.06. The average Bonchev–Trinajstić information content (AvgIpc) is 1.94. The van der Waals surface area contributed by atoms with Gasteiger partial charge in [-0.3, -0.25) is 0 Å². The highest BCUT2D eigenvalue weighted by atomic mass is 14.3. The minimum atomic E-state index is 0.657. The molecule has 0 unspecified atom stereocenters. The third-order valence-corrected chi connectivity index (χ3v) is 3.16. The van der Waals surface area contributed by atoms with Gasteiger partial charge in [-0.15, -0.1) is 0 Å². The van der Waals surface area contributed by atoms with Gasteiger partial charge in [-0.1, -0.05) is 33.6 Å². The van der Waals surface area contributed by atoms with Crippen LogP contribution in [0.2, 0.25) is 0 Å². The summed E-state index contributed by atoms with van der Waals surface area (Å²) in [5, 5.41) is 0. The van der Waals surface area contributed by atoms with E-state index in [9.17, 15) is 0 Å². The van der Waals surface area contributed by atoms with Crippen LogP contribution in [0, 0.1) is 11.3 Å². The Hall–Kier alpha value is 0. The second-order valence-electron chi connectivity index (χ2n) is 4.90. The Morgan fingerprint density at radius 1 is 1.18 bits per heavy atom. The summed E-state index contributed by atoms with van der Waals surface area (Å²) in [6.07, 6.45) is 8.73. The molecule has 0 aromatic rings. The maximum absolute atomic E-state index is 2.41. The fourth-order valence-corrected chi connectivity index (χ4v) is 2.16. The van der Waals surface area contributed by atoms with Crippen molar-refractivity contribution in [2.45, 2.75) is 59.3 Å². The lowest BCUT2D eigenvalue weighted by atomic mass is 9.72. The maximum atomic E-state index is 2.41. The van der Waals surface area contributed by atoms with E-state index in [2.05, 4.69) is 20.8 Å². The second-order valence-corrected chi connectivity index (χ2v) is 4.90. The summed E-state index contributed by atoms with van der Waals surface area (Å²) in [4.78, 5) is 0. The van der Waals surface area contributed by atoms with Crippen molar-refractivity contribution in [2.24, 2.45) is 11.3 Å². The quantitative estimate of drug-likeness (QED) is 0.564. The maximum Gasteiger partial charge on any atom is -0.0354 e. The summed E-state index contributed by atoms with van der Waals surface area (Å²) in [6, 6.07) is 0. The highest BCUT2D eigenvalue weighted by Crippen LogP contribution is 2.39. The van der Waals surface area contributed by atoms with Gasteiger partial charge < -0.3 is 0 Å². The molecule has 1 saturated carbocycles. The largest absolute Gasteiger partial charge is 0.0654 e. The summed E-state index contributed by atoms with van der Waals surface area (Å²) in [7, 11) is 0. The van der Waals surface area contributed by atoms with Gasteiger partial charge in [0, 0.05) is 0 Å². The molecule has 0 radical (unpaired) electrons. The zero-order valence-corrected chi connectivity index (χ0v) is 8.32. The molecule has 0 nitrogen and oxygen atoms in total.